The van der Waals surface area contributed by atoms with Crippen LogP contribution in [0.25, 0.3) is 0 Å². The molecule has 0 heterocycles. The average molecular weight is 206 g/mol. The molecular formula is C13H18O2. The Kier molecular flexibility index (Phi) is 5.05. The molecular weight excluding hydrogens is 188 g/mol. The molecule has 0 aliphatic heterocycles. The van der Waals surface area contributed by atoms with E-state index in [0.29, 0.717) is 19.4 Å². The van der Waals surface area contributed by atoms with Crippen molar-refractivity contribution in [2.24, 2.45) is 0 Å². The minimum absolute atomic E-state index is 0.203. The highest BCUT2D eigenvalue weighted by Crippen LogP contribution is 2.02. The molecule has 0 spiro atoms. The van der Waals surface area contributed by atoms with Gasteiger partial charge in [-0.05, 0) is 19.4 Å². The van der Waals surface area contributed by atoms with Gasteiger partial charge in [-0.25, -0.2) is 0 Å². The Labute approximate surface area is 91.3 Å². The first-order chi connectivity index (χ1) is 7.18. The van der Waals surface area contributed by atoms with Crippen molar-refractivity contribution >= 4 is 5.78 Å². The van der Waals surface area contributed by atoms with Crippen LogP contribution in [-0.2, 0) is 16.0 Å². The van der Waals surface area contributed by atoms with Gasteiger partial charge in [0.15, 0.2) is 0 Å². The summed E-state index contributed by atoms with van der Waals surface area (Å²) in [4.78, 5) is 11.5. The maximum Gasteiger partial charge on any atom is 0.139 e. The van der Waals surface area contributed by atoms with E-state index < -0.39 is 0 Å². The number of rotatable bonds is 6. The van der Waals surface area contributed by atoms with E-state index in [1.54, 1.807) is 0 Å². The number of hydrogen-bond acceptors (Lipinski definition) is 2. The molecule has 15 heavy (non-hydrogen) atoms. The van der Waals surface area contributed by atoms with Crippen LogP contribution in [0.1, 0.15) is 25.8 Å². The van der Waals surface area contributed by atoms with Gasteiger partial charge in [0.05, 0.1) is 12.7 Å². The van der Waals surface area contributed by atoms with E-state index >= 15 is 0 Å². The molecule has 1 aromatic carbocycles. The summed E-state index contributed by atoms with van der Waals surface area (Å²) in [6.07, 6.45) is 1.23. The van der Waals surface area contributed by atoms with Gasteiger partial charge in [0.2, 0.25) is 0 Å². The van der Waals surface area contributed by atoms with Crippen LogP contribution >= 0.6 is 0 Å². The van der Waals surface area contributed by atoms with Crippen molar-refractivity contribution in [2.75, 3.05) is 6.61 Å². The van der Waals surface area contributed by atoms with E-state index in [-0.39, 0.29) is 11.9 Å². The first kappa shape index (κ1) is 11.9. The van der Waals surface area contributed by atoms with Gasteiger partial charge in [-0.1, -0.05) is 30.3 Å². The number of carbonyl (C=O) groups excluding carboxylic acids is 1. The lowest BCUT2D eigenvalue weighted by molar-refractivity contribution is -0.119. The maximum atomic E-state index is 11.5. The number of Topliss-reactive ketones (excluding diaryl/α,β-unsaturated/α-hetero) is 1. The largest absolute Gasteiger partial charge is 0.378 e. The van der Waals surface area contributed by atoms with E-state index in [1.165, 1.54) is 0 Å². The summed E-state index contributed by atoms with van der Waals surface area (Å²) in [6, 6.07) is 9.80. The summed E-state index contributed by atoms with van der Waals surface area (Å²) in [5.74, 6) is 0.238. The van der Waals surface area contributed by atoms with Crippen LogP contribution in [-0.4, -0.2) is 18.5 Å². The van der Waals surface area contributed by atoms with Gasteiger partial charge in [0, 0.05) is 12.8 Å². The van der Waals surface area contributed by atoms with Crippen molar-refractivity contribution < 1.29 is 9.53 Å². The Morgan fingerprint density at radius 2 is 1.93 bits per heavy atom. The molecule has 0 radical (unpaired) electrons. The number of benzene rings is 1. The molecule has 82 valence electrons. The molecule has 0 aromatic heterocycles. The summed E-state index contributed by atoms with van der Waals surface area (Å²) in [7, 11) is 0. The average Bonchev–Trinajstić information content (AvgIpc) is 2.18. The van der Waals surface area contributed by atoms with Crippen molar-refractivity contribution in [2.45, 2.75) is 32.8 Å². The molecule has 0 saturated heterocycles. The molecule has 0 amide bonds. The lowest BCUT2D eigenvalue weighted by atomic mass is 10.1. The third-order valence-corrected chi connectivity index (χ3v) is 2.08. The smallest absolute Gasteiger partial charge is 0.139 e. The summed E-state index contributed by atoms with van der Waals surface area (Å²) in [6.45, 7) is 4.48. The molecule has 1 rings (SSSR count). The third kappa shape index (κ3) is 5.33. The van der Waals surface area contributed by atoms with E-state index in [2.05, 4.69) is 0 Å². The number of ketones is 1. The first-order valence-electron chi connectivity index (χ1n) is 5.35. The molecule has 0 atom stereocenters. The molecule has 1 aromatic rings. The zero-order valence-corrected chi connectivity index (χ0v) is 9.40. The lowest BCUT2D eigenvalue weighted by Gasteiger charge is -2.06. The monoisotopic (exact) mass is 206 g/mol. The van der Waals surface area contributed by atoms with Crippen LogP contribution in [0.3, 0.4) is 0 Å². The molecule has 0 fully saturated rings. The van der Waals surface area contributed by atoms with Crippen LogP contribution in [0.5, 0.6) is 0 Å². The third-order valence-electron chi connectivity index (χ3n) is 2.08. The van der Waals surface area contributed by atoms with Gasteiger partial charge in [-0.3, -0.25) is 4.79 Å². The van der Waals surface area contributed by atoms with Crippen LogP contribution in [0.15, 0.2) is 30.3 Å². The predicted octanol–water partition coefficient (Wildman–Crippen LogP) is 2.61. The van der Waals surface area contributed by atoms with Crippen LogP contribution in [0.2, 0.25) is 0 Å². The SMILES string of the molecule is CC(C)OCCC(=O)Cc1ccccc1. The molecule has 2 heteroatoms. The minimum Gasteiger partial charge on any atom is -0.378 e. The fourth-order valence-corrected chi connectivity index (χ4v) is 1.32. The van der Waals surface area contributed by atoms with Crippen molar-refractivity contribution in [1.29, 1.82) is 0 Å². The van der Waals surface area contributed by atoms with Crippen molar-refractivity contribution in [1.82, 2.24) is 0 Å². The van der Waals surface area contributed by atoms with E-state index in [1.807, 2.05) is 44.2 Å². The predicted molar refractivity (Wildman–Crippen MR) is 60.9 cm³/mol. The highest BCUT2D eigenvalue weighted by Gasteiger charge is 2.03. The second-order valence-electron chi connectivity index (χ2n) is 3.87. The van der Waals surface area contributed by atoms with Gasteiger partial charge in [-0.15, -0.1) is 0 Å². The number of ether oxygens (including phenoxy) is 1. The highest BCUT2D eigenvalue weighted by atomic mass is 16.5. The zero-order valence-electron chi connectivity index (χ0n) is 9.40. The molecule has 2 nitrogen and oxygen atoms in total. The zero-order chi connectivity index (χ0) is 11.1. The number of hydrogen-bond donors (Lipinski definition) is 0. The van der Waals surface area contributed by atoms with Gasteiger partial charge in [0.25, 0.3) is 0 Å². The lowest BCUT2D eigenvalue weighted by Crippen LogP contribution is -2.10. The summed E-state index contributed by atoms with van der Waals surface area (Å²) < 4.78 is 5.33. The highest BCUT2D eigenvalue weighted by molar-refractivity contribution is 5.80. The van der Waals surface area contributed by atoms with Crippen LogP contribution in [0.4, 0.5) is 0 Å². The van der Waals surface area contributed by atoms with Gasteiger partial charge in [0.1, 0.15) is 5.78 Å². The molecule has 0 aliphatic carbocycles. The standard InChI is InChI=1S/C13H18O2/c1-11(2)15-9-8-13(14)10-12-6-4-3-5-7-12/h3-7,11H,8-10H2,1-2H3. The molecule has 0 saturated carbocycles. The van der Waals surface area contributed by atoms with Crippen LogP contribution < -0.4 is 0 Å². The van der Waals surface area contributed by atoms with Crippen molar-refractivity contribution in [3.8, 4) is 0 Å². The van der Waals surface area contributed by atoms with Gasteiger partial charge < -0.3 is 4.74 Å². The second-order valence-corrected chi connectivity index (χ2v) is 3.87. The van der Waals surface area contributed by atoms with E-state index in [0.717, 1.165) is 5.56 Å². The fraction of sp³-hybridized carbons (Fsp3) is 0.462. The van der Waals surface area contributed by atoms with Crippen LogP contribution in [0, 0.1) is 0 Å². The number of carbonyl (C=O) groups is 1. The quantitative estimate of drug-likeness (QED) is 0.715. The summed E-state index contributed by atoms with van der Waals surface area (Å²) in [5.41, 5.74) is 1.08. The minimum atomic E-state index is 0.203. The van der Waals surface area contributed by atoms with E-state index in [4.69, 9.17) is 4.74 Å². The molecule has 0 unspecified atom stereocenters. The Bertz CT molecular complexity index is 291. The normalized spacial score (nSPS) is 10.6. The Morgan fingerprint density at radius 1 is 1.27 bits per heavy atom. The maximum absolute atomic E-state index is 11.5. The topological polar surface area (TPSA) is 26.3 Å². The van der Waals surface area contributed by atoms with E-state index in [9.17, 15) is 4.79 Å². The second kappa shape index (κ2) is 6.36. The van der Waals surface area contributed by atoms with Crippen molar-refractivity contribution in [3.05, 3.63) is 35.9 Å². The van der Waals surface area contributed by atoms with Gasteiger partial charge >= 0.3 is 0 Å². The van der Waals surface area contributed by atoms with Gasteiger partial charge in [-0.2, -0.15) is 0 Å². The Morgan fingerprint density at radius 3 is 2.53 bits per heavy atom. The molecule has 0 N–H and O–H groups in total. The molecule has 0 bridgehead atoms. The summed E-state index contributed by atoms with van der Waals surface area (Å²) >= 11 is 0. The molecule has 0 aliphatic rings. The first-order valence-corrected chi connectivity index (χ1v) is 5.35. The Hall–Kier alpha value is -1.15. The fourth-order valence-electron chi connectivity index (χ4n) is 1.32. The summed E-state index contributed by atoms with van der Waals surface area (Å²) in [5, 5.41) is 0. The Balaban J connectivity index is 2.25. The van der Waals surface area contributed by atoms with Crippen molar-refractivity contribution in [3.63, 3.8) is 0 Å².